The van der Waals surface area contributed by atoms with Gasteiger partial charge in [-0.05, 0) is 39.1 Å². The van der Waals surface area contributed by atoms with E-state index in [1.807, 2.05) is 24.0 Å². The monoisotopic (exact) mass is 265 g/mol. The lowest BCUT2D eigenvalue weighted by Crippen LogP contribution is -2.32. The summed E-state index contributed by atoms with van der Waals surface area (Å²) in [4.78, 5) is 0. The highest BCUT2D eigenvalue weighted by molar-refractivity contribution is 7.53. The molecule has 0 aliphatic rings. The highest BCUT2D eigenvalue weighted by Gasteiger charge is 2.22. The highest BCUT2D eigenvalue weighted by atomic mass is 31.2. The SMILES string of the molecule is C=CP(OCc1ccccc1)N(C(C)C)C(C)C. The maximum Gasteiger partial charge on any atom is 0.130 e. The number of rotatable bonds is 7. The zero-order valence-electron chi connectivity index (χ0n) is 11.8. The molecule has 0 aliphatic heterocycles. The molecule has 0 aliphatic carbocycles. The van der Waals surface area contributed by atoms with Crippen molar-refractivity contribution in [3.8, 4) is 0 Å². The predicted octanol–water partition coefficient (Wildman–Crippen LogP) is 4.78. The summed E-state index contributed by atoms with van der Waals surface area (Å²) in [5, 5.41) is 0. The van der Waals surface area contributed by atoms with Crippen LogP contribution in [0.3, 0.4) is 0 Å². The van der Waals surface area contributed by atoms with Crippen LogP contribution in [0.2, 0.25) is 0 Å². The first-order valence-electron chi connectivity index (χ1n) is 6.43. The molecule has 0 spiro atoms. The Morgan fingerprint density at radius 2 is 1.72 bits per heavy atom. The quantitative estimate of drug-likeness (QED) is 0.658. The minimum atomic E-state index is -0.727. The first-order chi connectivity index (χ1) is 8.56. The summed E-state index contributed by atoms with van der Waals surface area (Å²) in [5.41, 5.74) is 1.21. The third-order valence-corrected chi connectivity index (χ3v) is 4.73. The molecule has 0 aromatic heterocycles. The summed E-state index contributed by atoms with van der Waals surface area (Å²) >= 11 is 0. The van der Waals surface area contributed by atoms with Gasteiger partial charge >= 0.3 is 0 Å². The fourth-order valence-corrected chi connectivity index (χ4v) is 3.60. The Morgan fingerprint density at radius 1 is 1.17 bits per heavy atom. The molecule has 0 radical (unpaired) electrons. The lowest BCUT2D eigenvalue weighted by molar-refractivity contribution is 0.253. The van der Waals surface area contributed by atoms with Gasteiger partial charge < -0.3 is 4.52 Å². The van der Waals surface area contributed by atoms with Gasteiger partial charge in [0.15, 0.2) is 0 Å². The van der Waals surface area contributed by atoms with Crippen LogP contribution in [0.25, 0.3) is 0 Å². The molecule has 0 fully saturated rings. The molecule has 0 bridgehead atoms. The smallest absolute Gasteiger partial charge is 0.130 e. The molecular formula is C15H24NOP. The van der Waals surface area contributed by atoms with E-state index in [1.165, 1.54) is 5.56 Å². The lowest BCUT2D eigenvalue weighted by atomic mass is 10.2. The Bertz CT molecular complexity index is 343. The molecule has 1 aromatic carbocycles. The number of nitrogens with zero attached hydrogens (tertiary/aromatic N) is 1. The van der Waals surface area contributed by atoms with Crippen LogP contribution >= 0.6 is 8.30 Å². The van der Waals surface area contributed by atoms with Crippen molar-refractivity contribution < 1.29 is 4.52 Å². The first-order valence-corrected chi connectivity index (χ1v) is 7.71. The fraction of sp³-hybridized carbons (Fsp3) is 0.467. The van der Waals surface area contributed by atoms with Crippen molar-refractivity contribution in [2.24, 2.45) is 0 Å². The molecule has 0 saturated carbocycles. The van der Waals surface area contributed by atoms with Crippen LogP contribution in [0.1, 0.15) is 33.3 Å². The summed E-state index contributed by atoms with van der Waals surface area (Å²) in [6.07, 6.45) is 0. The van der Waals surface area contributed by atoms with E-state index in [2.05, 4.69) is 51.1 Å². The van der Waals surface area contributed by atoms with E-state index in [0.717, 1.165) is 0 Å². The van der Waals surface area contributed by atoms with Gasteiger partial charge in [-0.3, -0.25) is 4.67 Å². The van der Waals surface area contributed by atoms with Gasteiger partial charge in [-0.25, -0.2) is 0 Å². The predicted molar refractivity (Wildman–Crippen MR) is 80.5 cm³/mol. The summed E-state index contributed by atoms with van der Waals surface area (Å²) in [5.74, 6) is 1.94. The average Bonchev–Trinajstić information content (AvgIpc) is 2.34. The van der Waals surface area contributed by atoms with E-state index >= 15 is 0 Å². The Labute approximate surface area is 113 Å². The Hall–Kier alpha value is -0.690. The van der Waals surface area contributed by atoms with E-state index in [9.17, 15) is 0 Å². The highest BCUT2D eigenvalue weighted by Crippen LogP contribution is 2.46. The van der Waals surface area contributed by atoms with Gasteiger partial charge in [0.05, 0.1) is 6.61 Å². The minimum absolute atomic E-state index is 0.463. The molecule has 100 valence electrons. The second-order valence-electron chi connectivity index (χ2n) is 4.81. The number of hydrogen-bond donors (Lipinski definition) is 0. The average molecular weight is 265 g/mol. The van der Waals surface area contributed by atoms with Gasteiger partial charge in [-0.2, -0.15) is 0 Å². The van der Waals surface area contributed by atoms with Crippen molar-refractivity contribution in [2.45, 2.75) is 46.4 Å². The summed E-state index contributed by atoms with van der Waals surface area (Å²) in [7, 11) is -0.727. The van der Waals surface area contributed by atoms with Crippen LogP contribution < -0.4 is 0 Å². The van der Waals surface area contributed by atoms with E-state index in [-0.39, 0.29) is 0 Å². The molecule has 0 amide bonds. The topological polar surface area (TPSA) is 12.5 Å². The molecule has 0 saturated heterocycles. The zero-order chi connectivity index (χ0) is 13.5. The van der Waals surface area contributed by atoms with Crippen molar-refractivity contribution in [2.75, 3.05) is 0 Å². The number of benzene rings is 1. The van der Waals surface area contributed by atoms with Crippen molar-refractivity contribution >= 4 is 8.30 Å². The van der Waals surface area contributed by atoms with Gasteiger partial charge in [0.1, 0.15) is 8.30 Å². The molecule has 3 heteroatoms. The fourth-order valence-electron chi connectivity index (χ4n) is 1.98. The van der Waals surface area contributed by atoms with Gasteiger partial charge in [-0.1, -0.05) is 36.9 Å². The second-order valence-corrected chi connectivity index (χ2v) is 6.50. The van der Waals surface area contributed by atoms with Gasteiger partial charge in [0.2, 0.25) is 0 Å². The molecule has 2 nitrogen and oxygen atoms in total. The second kappa shape index (κ2) is 7.68. The third kappa shape index (κ3) is 4.53. The zero-order valence-corrected chi connectivity index (χ0v) is 12.7. The number of hydrogen-bond acceptors (Lipinski definition) is 2. The van der Waals surface area contributed by atoms with E-state index in [1.54, 1.807) is 0 Å². The molecule has 1 aromatic rings. The summed E-state index contributed by atoms with van der Waals surface area (Å²) < 4.78 is 8.41. The van der Waals surface area contributed by atoms with Crippen LogP contribution in [-0.4, -0.2) is 16.8 Å². The van der Waals surface area contributed by atoms with E-state index in [0.29, 0.717) is 18.7 Å². The third-order valence-electron chi connectivity index (χ3n) is 2.65. The summed E-state index contributed by atoms with van der Waals surface area (Å²) in [6, 6.07) is 11.2. The van der Waals surface area contributed by atoms with Crippen LogP contribution in [0.15, 0.2) is 42.7 Å². The minimum Gasteiger partial charge on any atom is -0.335 e. The maximum atomic E-state index is 6.03. The van der Waals surface area contributed by atoms with Crippen LogP contribution in [0.5, 0.6) is 0 Å². The molecule has 1 atom stereocenters. The van der Waals surface area contributed by atoms with Crippen molar-refractivity contribution in [1.29, 1.82) is 0 Å². The van der Waals surface area contributed by atoms with Gasteiger partial charge in [0.25, 0.3) is 0 Å². The van der Waals surface area contributed by atoms with Crippen molar-refractivity contribution in [1.82, 2.24) is 4.67 Å². The maximum absolute atomic E-state index is 6.03. The Morgan fingerprint density at radius 3 is 2.17 bits per heavy atom. The van der Waals surface area contributed by atoms with Gasteiger partial charge in [0, 0.05) is 12.1 Å². The Balaban J connectivity index is 2.63. The van der Waals surface area contributed by atoms with Crippen LogP contribution in [-0.2, 0) is 11.1 Å². The van der Waals surface area contributed by atoms with E-state index < -0.39 is 8.30 Å². The van der Waals surface area contributed by atoms with E-state index in [4.69, 9.17) is 4.52 Å². The molecule has 1 rings (SSSR count). The molecular weight excluding hydrogens is 241 g/mol. The van der Waals surface area contributed by atoms with Crippen LogP contribution in [0, 0.1) is 0 Å². The van der Waals surface area contributed by atoms with Crippen LogP contribution in [0.4, 0.5) is 0 Å². The normalized spacial score (nSPS) is 13.3. The lowest BCUT2D eigenvalue weighted by Gasteiger charge is -2.35. The van der Waals surface area contributed by atoms with Crippen molar-refractivity contribution in [3.05, 3.63) is 48.3 Å². The first kappa shape index (κ1) is 15.4. The summed E-state index contributed by atoms with van der Waals surface area (Å²) in [6.45, 7) is 13.4. The molecule has 0 heterocycles. The molecule has 0 N–H and O–H groups in total. The standard InChI is InChI=1S/C15H24NOP/c1-6-18(16(13(2)3)14(4)5)17-12-15-10-8-7-9-11-15/h6-11,13-14H,1,12H2,2-5H3. The molecule has 1 unspecified atom stereocenters. The largest absolute Gasteiger partial charge is 0.335 e. The van der Waals surface area contributed by atoms with Gasteiger partial charge in [-0.15, -0.1) is 0 Å². The van der Waals surface area contributed by atoms with Crippen molar-refractivity contribution in [3.63, 3.8) is 0 Å². The Kier molecular flexibility index (Phi) is 6.56. The molecule has 18 heavy (non-hydrogen) atoms.